The van der Waals surface area contributed by atoms with Gasteiger partial charge >= 0.3 is 12.1 Å². The van der Waals surface area contributed by atoms with Crippen LogP contribution in [0.1, 0.15) is 78.3 Å². The zero-order chi connectivity index (χ0) is 27.8. The molecule has 2 aromatic rings. The molecular weight excluding hydrogens is 489 g/mol. The van der Waals surface area contributed by atoms with E-state index in [1.165, 1.54) is 6.07 Å². The molecule has 0 unspecified atom stereocenters. The van der Waals surface area contributed by atoms with Gasteiger partial charge in [0.1, 0.15) is 6.61 Å². The van der Waals surface area contributed by atoms with Gasteiger partial charge in [0.15, 0.2) is 11.6 Å². The molecule has 38 heavy (non-hydrogen) atoms. The lowest BCUT2D eigenvalue weighted by atomic mass is 9.97. The van der Waals surface area contributed by atoms with Crippen LogP contribution in [0, 0.1) is 11.7 Å². The molecule has 1 aromatic carbocycles. The first-order chi connectivity index (χ1) is 18.1. The summed E-state index contributed by atoms with van der Waals surface area (Å²) < 4.78 is 33.7. The molecule has 1 amide bonds. The molecule has 0 radical (unpaired) electrons. The van der Waals surface area contributed by atoms with Crippen LogP contribution in [-0.2, 0) is 27.9 Å². The van der Waals surface area contributed by atoms with E-state index in [0.717, 1.165) is 32.1 Å². The summed E-state index contributed by atoms with van der Waals surface area (Å²) in [5.74, 6) is -0.964. The molecule has 0 aliphatic heterocycles. The van der Waals surface area contributed by atoms with Crippen LogP contribution < -0.4 is 4.74 Å². The van der Waals surface area contributed by atoms with Gasteiger partial charge in [-0.1, -0.05) is 26.2 Å². The van der Waals surface area contributed by atoms with Crippen molar-refractivity contribution in [3.63, 3.8) is 0 Å². The summed E-state index contributed by atoms with van der Waals surface area (Å²) in [6.07, 6.45) is 6.89. The third kappa shape index (κ3) is 7.71. The van der Waals surface area contributed by atoms with E-state index in [1.807, 2.05) is 34.7 Å². The number of amides is 1. The summed E-state index contributed by atoms with van der Waals surface area (Å²) in [5, 5.41) is 0. The minimum atomic E-state index is -0.527. The number of aromatic nitrogens is 2. The molecule has 1 saturated carbocycles. The van der Waals surface area contributed by atoms with E-state index in [4.69, 9.17) is 14.2 Å². The number of rotatable bonds is 12. The van der Waals surface area contributed by atoms with Gasteiger partial charge in [-0.15, -0.1) is 0 Å². The Bertz CT molecular complexity index is 1080. The van der Waals surface area contributed by atoms with Crippen LogP contribution >= 0.6 is 0 Å². The Morgan fingerprint density at radius 1 is 1.21 bits per heavy atom. The van der Waals surface area contributed by atoms with Crippen molar-refractivity contribution in [3.8, 4) is 17.0 Å². The van der Waals surface area contributed by atoms with E-state index in [2.05, 4.69) is 4.98 Å². The fraction of sp³-hybridized carbons (Fsp3) is 0.621. The Morgan fingerprint density at radius 3 is 2.55 bits per heavy atom. The highest BCUT2D eigenvalue weighted by atomic mass is 19.1. The molecule has 9 heteroatoms. The lowest BCUT2D eigenvalue weighted by Gasteiger charge is -2.23. The van der Waals surface area contributed by atoms with Gasteiger partial charge in [-0.25, -0.2) is 14.2 Å². The topological polar surface area (TPSA) is 82.9 Å². The number of carbonyl (C=O) groups excluding carboxylic acids is 2. The Morgan fingerprint density at radius 2 is 1.92 bits per heavy atom. The van der Waals surface area contributed by atoms with E-state index in [9.17, 15) is 9.59 Å². The molecule has 1 aromatic heterocycles. The summed E-state index contributed by atoms with van der Waals surface area (Å²) in [4.78, 5) is 31.1. The van der Waals surface area contributed by atoms with Gasteiger partial charge in [0, 0.05) is 25.7 Å². The van der Waals surface area contributed by atoms with Crippen molar-refractivity contribution >= 4 is 12.1 Å². The standard InChI is InChI=1S/C29H42FN3O5/c1-7-10-22(28(34)37-19(2)3)15-20(4)38-26-14-13-21(16-24(26)30)27-25(32(5)18-31-27)17-36-29(35)33(6)23-11-8-9-12-23/h13-14,16,18-20,22-23H,7-12,15,17H2,1-6H3/t20-,22-/m0/s1. The summed E-state index contributed by atoms with van der Waals surface area (Å²) in [7, 11) is 3.59. The Hall–Kier alpha value is -3.10. The van der Waals surface area contributed by atoms with Crippen LogP contribution in [0.5, 0.6) is 5.75 Å². The maximum absolute atomic E-state index is 15.1. The third-order valence-corrected chi connectivity index (χ3v) is 7.02. The van der Waals surface area contributed by atoms with E-state index < -0.39 is 5.82 Å². The molecule has 1 fully saturated rings. The lowest BCUT2D eigenvalue weighted by Crippen LogP contribution is -2.35. The van der Waals surface area contributed by atoms with Crippen molar-refractivity contribution in [2.75, 3.05) is 7.05 Å². The molecule has 1 aliphatic carbocycles. The van der Waals surface area contributed by atoms with Crippen molar-refractivity contribution in [2.24, 2.45) is 13.0 Å². The van der Waals surface area contributed by atoms with Crippen molar-refractivity contribution in [3.05, 3.63) is 36.0 Å². The van der Waals surface area contributed by atoms with Gasteiger partial charge in [0.25, 0.3) is 0 Å². The second-order valence-electron chi connectivity index (χ2n) is 10.5. The SMILES string of the molecule is CCC[C@@H](C[C@H](C)Oc1ccc(-c2ncn(C)c2COC(=O)N(C)C2CCCC2)cc1F)C(=O)OC(C)C. The van der Waals surface area contributed by atoms with Crippen molar-refractivity contribution < 1.29 is 28.2 Å². The summed E-state index contributed by atoms with van der Waals surface area (Å²) in [6.45, 7) is 7.52. The van der Waals surface area contributed by atoms with Crippen LogP contribution in [-0.4, -0.2) is 51.8 Å². The van der Waals surface area contributed by atoms with Gasteiger partial charge < -0.3 is 23.7 Å². The molecule has 1 aliphatic rings. The first-order valence-electron chi connectivity index (χ1n) is 13.7. The molecule has 2 atom stereocenters. The number of hydrogen-bond acceptors (Lipinski definition) is 6. The van der Waals surface area contributed by atoms with Gasteiger partial charge in [0.05, 0.1) is 35.8 Å². The number of esters is 1. The van der Waals surface area contributed by atoms with E-state index in [0.29, 0.717) is 29.8 Å². The second-order valence-corrected chi connectivity index (χ2v) is 10.5. The number of carbonyl (C=O) groups is 2. The van der Waals surface area contributed by atoms with Crippen LogP contribution in [0.2, 0.25) is 0 Å². The quantitative estimate of drug-likeness (QED) is 0.301. The van der Waals surface area contributed by atoms with Crippen molar-refractivity contribution in [1.29, 1.82) is 0 Å². The normalized spacial score (nSPS) is 15.4. The van der Waals surface area contributed by atoms with Crippen LogP contribution in [0.15, 0.2) is 24.5 Å². The molecule has 8 nitrogen and oxygen atoms in total. The van der Waals surface area contributed by atoms with E-state index in [1.54, 1.807) is 35.0 Å². The smallest absolute Gasteiger partial charge is 0.410 e. The predicted molar refractivity (Wildman–Crippen MR) is 143 cm³/mol. The summed E-state index contributed by atoms with van der Waals surface area (Å²) in [6, 6.07) is 4.90. The van der Waals surface area contributed by atoms with Gasteiger partial charge in [0.2, 0.25) is 0 Å². The van der Waals surface area contributed by atoms with Gasteiger partial charge in [-0.3, -0.25) is 4.79 Å². The second kappa shape index (κ2) is 13.6. The molecule has 3 rings (SSSR count). The van der Waals surface area contributed by atoms with E-state index in [-0.39, 0.29) is 48.6 Å². The summed E-state index contributed by atoms with van der Waals surface area (Å²) >= 11 is 0. The highest BCUT2D eigenvalue weighted by molar-refractivity contribution is 5.72. The maximum Gasteiger partial charge on any atom is 0.410 e. The van der Waals surface area contributed by atoms with Crippen LogP contribution in [0.25, 0.3) is 11.3 Å². The van der Waals surface area contributed by atoms with E-state index >= 15 is 4.39 Å². The minimum Gasteiger partial charge on any atom is -0.488 e. The average molecular weight is 532 g/mol. The largest absolute Gasteiger partial charge is 0.488 e. The van der Waals surface area contributed by atoms with Gasteiger partial charge in [-0.2, -0.15) is 0 Å². The number of benzene rings is 1. The highest BCUT2D eigenvalue weighted by Crippen LogP contribution is 2.30. The minimum absolute atomic E-state index is 0.0317. The maximum atomic E-state index is 15.1. The first kappa shape index (κ1) is 29.5. The number of nitrogens with zero attached hydrogens (tertiary/aromatic N) is 3. The third-order valence-electron chi connectivity index (χ3n) is 7.02. The number of halogens is 1. The molecule has 0 spiro atoms. The molecule has 0 bridgehead atoms. The molecule has 1 heterocycles. The zero-order valence-electron chi connectivity index (χ0n) is 23.5. The van der Waals surface area contributed by atoms with Crippen LogP contribution in [0.3, 0.4) is 0 Å². The van der Waals surface area contributed by atoms with Gasteiger partial charge in [-0.05, 0) is 64.7 Å². The van der Waals surface area contributed by atoms with Crippen molar-refractivity contribution in [2.45, 2.75) is 97.5 Å². The Kier molecular flexibility index (Phi) is 10.6. The fourth-order valence-electron chi connectivity index (χ4n) is 4.96. The number of hydrogen-bond donors (Lipinski definition) is 0. The number of imidazole rings is 1. The molecule has 0 saturated heterocycles. The Labute approximate surface area is 225 Å². The Balaban J connectivity index is 1.65. The fourth-order valence-corrected chi connectivity index (χ4v) is 4.96. The monoisotopic (exact) mass is 531 g/mol. The average Bonchev–Trinajstić information content (AvgIpc) is 3.53. The molecule has 210 valence electrons. The van der Waals surface area contributed by atoms with Crippen LogP contribution in [0.4, 0.5) is 9.18 Å². The summed E-state index contributed by atoms with van der Waals surface area (Å²) in [5.41, 5.74) is 1.77. The number of aryl methyl sites for hydroxylation is 1. The lowest BCUT2D eigenvalue weighted by molar-refractivity contribution is -0.153. The zero-order valence-corrected chi connectivity index (χ0v) is 23.5. The molecule has 0 N–H and O–H groups in total. The predicted octanol–water partition coefficient (Wildman–Crippen LogP) is 6.26. The highest BCUT2D eigenvalue weighted by Gasteiger charge is 2.26. The number of ether oxygens (including phenoxy) is 3. The van der Waals surface area contributed by atoms with Crippen molar-refractivity contribution in [1.82, 2.24) is 14.5 Å². The molecular formula is C29H42FN3O5. The first-order valence-corrected chi connectivity index (χ1v) is 13.7.